The molecule has 0 aromatic heterocycles. The molecule has 2 aromatic rings. The van der Waals surface area contributed by atoms with Gasteiger partial charge in [0.25, 0.3) is 0 Å². The number of carbonyl (C=O) groups excluding carboxylic acids is 2. The number of fused-ring (bicyclic) bond motifs is 2. The van der Waals surface area contributed by atoms with Crippen LogP contribution in [0.3, 0.4) is 0 Å². The maximum absolute atomic E-state index is 14.9. The highest BCUT2D eigenvalue weighted by Gasteiger charge is 2.65. The SMILES string of the molecule is Cc1cccc([C@H]2[C@H](C(=O)NCC[C@@H](O)CCO)N[C@H](CC(C)(C)C)[C@]23C(=O)Nc2cc(Cl)c(F)cc23)c1. The lowest BCUT2D eigenvalue weighted by molar-refractivity contribution is -0.123. The van der Waals surface area contributed by atoms with Crippen LogP contribution in [0.15, 0.2) is 36.4 Å². The van der Waals surface area contributed by atoms with Gasteiger partial charge < -0.3 is 26.2 Å². The third-order valence-corrected chi connectivity index (χ3v) is 7.91. The zero-order valence-electron chi connectivity index (χ0n) is 22.3. The minimum Gasteiger partial charge on any atom is -0.396 e. The first-order valence-corrected chi connectivity index (χ1v) is 13.5. The van der Waals surface area contributed by atoms with Gasteiger partial charge in [0.15, 0.2) is 0 Å². The summed E-state index contributed by atoms with van der Waals surface area (Å²) < 4.78 is 14.9. The van der Waals surface area contributed by atoms with Crippen LogP contribution >= 0.6 is 11.6 Å². The number of anilines is 1. The van der Waals surface area contributed by atoms with Crippen molar-refractivity contribution in [3.8, 4) is 0 Å². The molecule has 2 amide bonds. The Morgan fingerprint density at radius 1 is 1.24 bits per heavy atom. The molecule has 0 bridgehead atoms. The van der Waals surface area contributed by atoms with Crippen molar-refractivity contribution in [2.45, 2.75) is 76.5 Å². The zero-order valence-corrected chi connectivity index (χ0v) is 23.0. The van der Waals surface area contributed by atoms with Crippen LogP contribution in [0.25, 0.3) is 0 Å². The third kappa shape index (κ3) is 5.32. The van der Waals surface area contributed by atoms with E-state index in [0.717, 1.165) is 11.1 Å². The van der Waals surface area contributed by atoms with Gasteiger partial charge in [-0.3, -0.25) is 9.59 Å². The normalized spacial score (nSPS) is 25.4. The second-order valence-corrected chi connectivity index (χ2v) is 12.1. The van der Waals surface area contributed by atoms with Crippen LogP contribution in [0.2, 0.25) is 5.02 Å². The molecule has 1 saturated heterocycles. The molecule has 2 heterocycles. The molecule has 0 unspecified atom stereocenters. The van der Waals surface area contributed by atoms with E-state index in [0.29, 0.717) is 17.7 Å². The van der Waals surface area contributed by atoms with E-state index in [4.69, 9.17) is 16.7 Å². The van der Waals surface area contributed by atoms with Gasteiger partial charge in [0.1, 0.15) is 11.2 Å². The number of hydrogen-bond acceptors (Lipinski definition) is 5. The van der Waals surface area contributed by atoms with Crippen LogP contribution in [0.5, 0.6) is 0 Å². The van der Waals surface area contributed by atoms with Crippen LogP contribution in [-0.2, 0) is 15.0 Å². The molecule has 0 aliphatic carbocycles. The second kappa shape index (κ2) is 10.9. The molecule has 38 heavy (non-hydrogen) atoms. The van der Waals surface area contributed by atoms with Gasteiger partial charge in [-0.15, -0.1) is 0 Å². The number of hydrogen-bond donors (Lipinski definition) is 5. The van der Waals surface area contributed by atoms with E-state index in [-0.39, 0.29) is 48.2 Å². The molecular formula is C29H37ClFN3O4. The summed E-state index contributed by atoms with van der Waals surface area (Å²) in [5, 5.41) is 28.3. The van der Waals surface area contributed by atoms with Gasteiger partial charge in [-0.2, -0.15) is 0 Å². The number of aliphatic hydroxyl groups is 2. The topological polar surface area (TPSA) is 111 Å². The molecule has 1 fully saturated rings. The van der Waals surface area contributed by atoms with E-state index < -0.39 is 35.3 Å². The summed E-state index contributed by atoms with van der Waals surface area (Å²) in [5.41, 5.74) is 1.24. The third-order valence-electron chi connectivity index (χ3n) is 7.62. The van der Waals surface area contributed by atoms with E-state index in [2.05, 4.69) is 36.7 Å². The molecule has 2 aliphatic rings. The summed E-state index contributed by atoms with van der Waals surface area (Å²) in [6.07, 6.45) is 0.332. The highest BCUT2D eigenvalue weighted by Crippen LogP contribution is 2.56. The maximum Gasteiger partial charge on any atom is 0.237 e. The van der Waals surface area contributed by atoms with Crippen molar-refractivity contribution in [2.75, 3.05) is 18.5 Å². The van der Waals surface area contributed by atoms with E-state index in [9.17, 15) is 19.1 Å². The van der Waals surface area contributed by atoms with E-state index in [1.807, 2.05) is 31.2 Å². The van der Waals surface area contributed by atoms with Gasteiger partial charge in [-0.1, -0.05) is 62.2 Å². The fraction of sp³-hybridized carbons (Fsp3) is 0.517. The lowest BCUT2D eigenvalue weighted by Crippen LogP contribution is -2.49. The predicted octanol–water partition coefficient (Wildman–Crippen LogP) is 3.79. The molecule has 206 valence electrons. The number of halogens is 2. The number of aryl methyl sites for hydroxylation is 1. The average molecular weight is 546 g/mol. The summed E-state index contributed by atoms with van der Waals surface area (Å²) in [5.74, 6) is -1.86. The highest BCUT2D eigenvalue weighted by molar-refractivity contribution is 6.31. The van der Waals surface area contributed by atoms with Crippen molar-refractivity contribution in [2.24, 2.45) is 5.41 Å². The number of nitrogens with one attached hydrogen (secondary N) is 3. The van der Waals surface area contributed by atoms with Gasteiger partial charge in [-0.05, 0) is 54.9 Å². The molecular weight excluding hydrogens is 509 g/mol. The molecule has 2 aromatic carbocycles. The van der Waals surface area contributed by atoms with Crippen molar-refractivity contribution in [3.05, 3.63) is 63.9 Å². The Labute approximate surface area is 228 Å². The van der Waals surface area contributed by atoms with Gasteiger partial charge in [0.2, 0.25) is 11.8 Å². The lowest BCUT2D eigenvalue weighted by atomic mass is 9.62. The summed E-state index contributed by atoms with van der Waals surface area (Å²) in [6.45, 7) is 8.22. The Balaban J connectivity index is 1.85. The summed E-state index contributed by atoms with van der Waals surface area (Å²) in [4.78, 5) is 27.8. The lowest BCUT2D eigenvalue weighted by Gasteiger charge is -2.37. The second-order valence-electron chi connectivity index (χ2n) is 11.7. The maximum atomic E-state index is 14.9. The van der Waals surface area contributed by atoms with Crippen molar-refractivity contribution in [1.29, 1.82) is 0 Å². The first-order valence-electron chi connectivity index (χ1n) is 13.1. The van der Waals surface area contributed by atoms with Gasteiger partial charge >= 0.3 is 0 Å². The minimum atomic E-state index is -1.26. The average Bonchev–Trinajstić information content (AvgIpc) is 3.29. The van der Waals surface area contributed by atoms with Crippen molar-refractivity contribution < 1.29 is 24.2 Å². The Morgan fingerprint density at radius 2 is 1.97 bits per heavy atom. The monoisotopic (exact) mass is 545 g/mol. The van der Waals surface area contributed by atoms with Crippen molar-refractivity contribution >= 4 is 29.1 Å². The van der Waals surface area contributed by atoms with Crippen molar-refractivity contribution in [3.63, 3.8) is 0 Å². The largest absolute Gasteiger partial charge is 0.396 e. The van der Waals surface area contributed by atoms with Gasteiger partial charge in [0, 0.05) is 30.8 Å². The van der Waals surface area contributed by atoms with Crippen LogP contribution in [0.4, 0.5) is 10.1 Å². The van der Waals surface area contributed by atoms with Crippen LogP contribution in [-0.4, -0.2) is 53.4 Å². The molecule has 9 heteroatoms. The Hall–Kier alpha value is -2.52. The number of aliphatic hydroxyl groups excluding tert-OH is 2. The van der Waals surface area contributed by atoms with Crippen LogP contribution in [0, 0.1) is 18.2 Å². The molecule has 7 nitrogen and oxygen atoms in total. The number of carbonyl (C=O) groups is 2. The van der Waals surface area contributed by atoms with E-state index in [1.165, 1.54) is 12.1 Å². The number of benzene rings is 2. The Kier molecular flexibility index (Phi) is 8.19. The molecule has 5 atom stereocenters. The summed E-state index contributed by atoms with van der Waals surface area (Å²) in [6, 6.07) is 9.22. The van der Waals surface area contributed by atoms with Gasteiger partial charge in [0.05, 0.1) is 17.2 Å². The Bertz CT molecular complexity index is 1220. The standard InChI is InChI=1S/C29H37ClFN3O4/c1-16-6-5-7-17(12-16)24-25(26(37)32-10-8-18(36)9-11-35)34-23(15-28(2,3)4)29(24)19-13-21(31)20(30)14-22(19)33-27(29)38/h5-7,12-14,18,23-25,34-36H,8-11,15H2,1-4H3,(H,32,37)(H,33,38)/t18-,23-,24+,25-,29+/m1/s1. The highest BCUT2D eigenvalue weighted by atomic mass is 35.5. The first-order chi connectivity index (χ1) is 17.9. The summed E-state index contributed by atoms with van der Waals surface area (Å²) in [7, 11) is 0. The molecule has 0 saturated carbocycles. The molecule has 2 aliphatic heterocycles. The summed E-state index contributed by atoms with van der Waals surface area (Å²) >= 11 is 6.09. The van der Waals surface area contributed by atoms with Crippen LogP contribution in [0.1, 0.15) is 62.6 Å². The fourth-order valence-electron chi connectivity index (χ4n) is 6.06. The molecule has 1 spiro atoms. The molecule has 0 radical (unpaired) electrons. The predicted molar refractivity (Wildman–Crippen MR) is 146 cm³/mol. The van der Waals surface area contributed by atoms with E-state index >= 15 is 0 Å². The number of rotatable bonds is 8. The smallest absolute Gasteiger partial charge is 0.237 e. The zero-order chi connectivity index (χ0) is 27.8. The minimum absolute atomic E-state index is 0.0812. The van der Waals surface area contributed by atoms with Crippen molar-refractivity contribution in [1.82, 2.24) is 10.6 Å². The number of amides is 2. The first kappa shape index (κ1) is 28.5. The van der Waals surface area contributed by atoms with Gasteiger partial charge in [-0.25, -0.2) is 4.39 Å². The fourth-order valence-corrected chi connectivity index (χ4v) is 6.23. The molecule has 4 rings (SSSR count). The van der Waals surface area contributed by atoms with Crippen LogP contribution < -0.4 is 16.0 Å². The Morgan fingerprint density at radius 3 is 2.63 bits per heavy atom. The quantitative estimate of drug-likeness (QED) is 0.347. The van der Waals surface area contributed by atoms with E-state index in [1.54, 1.807) is 0 Å². The molecule has 5 N–H and O–H groups in total.